The lowest BCUT2D eigenvalue weighted by Gasteiger charge is -2.41. The number of carbonyl (C=O) groups is 1. The van der Waals surface area contributed by atoms with Gasteiger partial charge in [0.05, 0.1) is 0 Å². The lowest BCUT2D eigenvalue weighted by molar-refractivity contribution is -0.123. The molecule has 0 saturated carbocycles. The minimum Gasteiger partial charge on any atom is -0.484 e. The van der Waals surface area contributed by atoms with E-state index in [-0.39, 0.29) is 18.1 Å². The highest BCUT2D eigenvalue weighted by Crippen LogP contribution is 2.25. The maximum Gasteiger partial charge on any atom is 0.336 e. The van der Waals surface area contributed by atoms with Gasteiger partial charge in [0.25, 0.3) is 5.91 Å². The van der Waals surface area contributed by atoms with Crippen LogP contribution in [0.2, 0.25) is 0 Å². The zero-order chi connectivity index (χ0) is 21.1. The van der Waals surface area contributed by atoms with Crippen molar-refractivity contribution in [1.82, 2.24) is 10.2 Å². The molecule has 0 unspecified atom stereocenters. The SMILES string of the molecule is CC(C)(CNC(=O)COc1ccc2ccc(=O)oc2c1)N1CCc2ccccc2C1. The van der Waals surface area contributed by atoms with Gasteiger partial charge in [-0.3, -0.25) is 9.69 Å². The molecule has 6 nitrogen and oxygen atoms in total. The zero-order valence-corrected chi connectivity index (χ0v) is 17.3. The average Bonchev–Trinajstić information content (AvgIpc) is 2.75. The van der Waals surface area contributed by atoms with Crippen molar-refractivity contribution in [3.05, 3.63) is 76.1 Å². The summed E-state index contributed by atoms with van der Waals surface area (Å²) in [6, 6.07) is 16.8. The molecule has 0 atom stereocenters. The maximum atomic E-state index is 12.3. The number of hydrogen-bond donors (Lipinski definition) is 1. The zero-order valence-electron chi connectivity index (χ0n) is 17.3. The van der Waals surface area contributed by atoms with Gasteiger partial charge in [-0.25, -0.2) is 4.79 Å². The normalized spacial score (nSPS) is 14.3. The average molecular weight is 406 g/mol. The summed E-state index contributed by atoms with van der Waals surface area (Å²) in [7, 11) is 0. The molecule has 0 spiro atoms. The Bertz CT molecular complexity index is 1120. The lowest BCUT2D eigenvalue weighted by Crippen LogP contribution is -2.53. The lowest BCUT2D eigenvalue weighted by atomic mass is 9.94. The maximum absolute atomic E-state index is 12.3. The van der Waals surface area contributed by atoms with Gasteiger partial charge in [-0.2, -0.15) is 0 Å². The molecule has 0 bridgehead atoms. The van der Waals surface area contributed by atoms with Gasteiger partial charge in [-0.1, -0.05) is 24.3 Å². The van der Waals surface area contributed by atoms with Crippen molar-refractivity contribution in [2.45, 2.75) is 32.4 Å². The van der Waals surface area contributed by atoms with Crippen LogP contribution in [0.1, 0.15) is 25.0 Å². The van der Waals surface area contributed by atoms with Crippen molar-refractivity contribution in [3.8, 4) is 5.75 Å². The van der Waals surface area contributed by atoms with Crippen molar-refractivity contribution in [1.29, 1.82) is 0 Å². The number of benzene rings is 2. The highest BCUT2D eigenvalue weighted by atomic mass is 16.5. The predicted molar refractivity (Wildman–Crippen MR) is 116 cm³/mol. The Labute approximate surface area is 175 Å². The van der Waals surface area contributed by atoms with Crippen LogP contribution < -0.4 is 15.7 Å². The molecule has 30 heavy (non-hydrogen) atoms. The van der Waals surface area contributed by atoms with E-state index in [0.29, 0.717) is 17.9 Å². The van der Waals surface area contributed by atoms with E-state index in [4.69, 9.17) is 9.15 Å². The fraction of sp³-hybridized carbons (Fsp3) is 0.333. The largest absolute Gasteiger partial charge is 0.484 e. The third kappa shape index (κ3) is 4.54. The Morgan fingerprint density at radius 3 is 2.73 bits per heavy atom. The van der Waals surface area contributed by atoms with Crippen LogP contribution in [-0.4, -0.2) is 36.0 Å². The summed E-state index contributed by atoms with van der Waals surface area (Å²) in [5.74, 6) is 0.300. The standard InChI is InChI=1S/C24H26N2O4/c1-24(2,26-12-11-17-5-3-4-6-19(17)14-26)16-25-22(27)15-29-20-9-7-18-8-10-23(28)30-21(18)13-20/h3-10,13H,11-12,14-16H2,1-2H3,(H,25,27). The van der Waals surface area contributed by atoms with Gasteiger partial charge in [0.15, 0.2) is 6.61 Å². The number of amides is 1. The molecular weight excluding hydrogens is 380 g/mol. The Morgan fingerprint density at radius 2 is 1.90 bits per heavy atom. The number of ether oxygens (including phenoxy) is 1. The molecule has 0 fully saturated rings. The number of fused-ring (bicyclic) bond motifs is 2. The molecule has 0 saturated heterocycles. The number of hydrogen-bond acceptors (Lipinski definition) is 5. The Balaban J connectivity index is 1.30. The highest BCUT2D eigenvalue weighted by Gasteiger charge is 2.30. The molecule has 1 N–H and O–H groups in total. The Kier molecular flexibility index (Phi) is 5.59. The fourth-order valence-corrected chi connectivity index (χ4v) is 3.77. The molecular formula is C24H26N2O4. The Morgan fingerprint density at radius 1 is 1.13 bits per heavy atom. The molecule has 156 valence electrons. The van der Waals surface area contributed by atoms with E-state index in [1.165, 1.54) is 17.2 Å². The number of carbonyl (C=O) groups excluding carboxylic acids is 1. The van der Waals surface area contributed by atoms with E-state index < -0.39 is 5.63 Å². The molecule has 2 heterocycles. The molecule has 0 radical (unpaired) electrons. The molecule has 1 aliphatic rings. The van der Waals surface area contributed by atoms with Gasteiger partial charge in [0.2, 0.25) is 0 Å². The second-order valence-corrected chi connectivity index (χ2v) is 8.27. The number of nitrogens with zero attached hydrogens (tertiary/aromatic N) is 1. The first-order valence-corrected chi connectivity index (χ1v) is 10.2. The smallest absolute Gasteiger partial charge is 0.336 e. The highest BCUT2D eigenvalue weighted by molar-refractivity contribution is 5.79. The summed E-state index contributed by atoms with van der Waals surface area (Å²) in [5, 5.41) is 3.78. The van der Waals surface area contributed by atoms with Crippen molar-refractivity contribution >= 4 is 16.9 Å². The van der Waals surface area contributed by atoms with E-state index in [1.54, 1.807) is 24.3 Å². The first kappa shape index (κ1) is 20.2. The summed E-state index contributed by atoms with van der Waals surface area (Å²) in [6.07, 6.45) is 1.02. The van der Waals surface area contributed by atoms with Gasteiger partial charge in [0, 0.05) is 42.7 Å². The van der Waals surface area contributed by atoms with E-state index in [2.05, 4.69) is 48.3 Å². The molecule has 4 rings (SSSR count). The summed E-state index contributed by atoms with van der Waals surface area (Å²) in [6.45, 7) is 6.59. The van der Waals surface area contributed by atoms with Crippen LogP contribution in [0.15, 0.2) is 63.8 Å². The first-order valence-electron chi connectivity index (χ1n) is 10.2. The second-order valence-electron chi connectivity index (χ2n) is 8.27. The van der Waals surface area contributed by atoms with Gasteiger partial charge >= 0.3 is 5.63 Å². The molecule has 1 aliphatic heterocycles. The third-order valence-corrected chi connectivity index (χ3v) is 5.67. The summed E-state index contributed by atoms with van der Waals surface area (Å²) >= 11 is 0. The van der Waals surface area contributed by atoms with Gasteiger partial charge < -0.3 is 14.5 Å². The van der Waals surface area contributed by atoms with E-state index in [0.717, 1.165) is 24.9 Å². The number of rotatable bonds is 6. The van der Waals surface area contributed by atoms with Crippen molar-refractivity contribution in [2.24, 2.45) is 0 Å². The number of nitrogens with one attached hydrogen (secondary N) is 1. The minimum atomic E-state index is -0.417. The van der Waals surface area contributed by atoms with Gasteiger partial charge in [-0.05, 0) is 49.6 Å². The van der Waals surface area contributed by atoms with Gasteiger partial charge in [-0.15, -0.1) is 0 Å². The summed E-state index contributed by atoms with van der Waals surface area (Å²) in [5.41, 5.74) is 2.62. The van der Waals surface area contributed by atoms with Crippen LogP contribution in [0.3, 0.4) is 0 Å². The van der Waals surface area contributed by atoms with Crippen LogP contribution in [0.4, 0.5) is 0 Å². The molecule has 3 aromatic rings. The van der Waals surface area contributed by atoms with Gasteiger partial charge in [0.1, 0.15) is 11.3 Å². The molecule has 6 heteroatoms. The van der Waals surface area contributed by atoms with Crippen LogP contribution in [0, 0.1) is 0 Å². The monoisotopic (exact) mass is 406 g/mol. The summed E-state index contributed by atoms with van der Waals surface area (Å²) < 4.78 is 10.7. The molecule has 0 aliphatic carbocycles. The van der Waals surface area contributed by atoms with Crippen molar-refractivity contribution in [2.75, 3.05) is 19.7 Å². The second kappa shape index (κ2) is 8.32. The van der Waals surface area contributed by atoms with Crippen LogP contribution >= 0.6 is 0 Å². The van der Waals surface area contributed by atoms with E-state index >= 15 is 0 Å². The topological polar surface area (TPSA) is 71.8 Å². The first-order chi connectivity index (χ1) is 14.4. The summed E-state index contributed by atoms with van der Waals surface area (Å²) in [4.78, 5) is 26.1. The van der Waals surface area contributed by atoms with E-state index in [1.807, 2.05) is 0 Å². The van der Waals surface area contributed by atoms with Crippen molar-refractivity contribution in [3.63, 3.8) is 0 Å². The Hall–Kier alpha value is -3.12. The van der Waals surface area contributed by atoms with E-state index in [9.17, 15) is 9.59 Å². The predicted octanol–water partition coefficient (Wildman–Crippen LogP) is 3.12. The quantitative estimate of drug-likeness (QED) is 0.637. The third-order valence-electron chi connectivity index (χ3n) is 5.67. The molecule has 1 amide bonds. The van der Waals surface area contributed by atoms with Crippen LogP contribution in [0.25, 0.3) is 11.0 Å². The van der Waals surface area contributed by atoms with Crippen LogP contribution in [0.5, 0.6) is 5.75 Å². The van der Waals surface area contributed by atoms with Crippen molar-refractivity contribution < 1.29 is 13.9 Å². The fourth-order valence-electron chi connectivity index (χ4n) is 3.77. The molecule has 2 aromatic carbocycles. The minimum absolute atomic E-state index is 0.0957. The van der Waals surface area contributed by atoms with Crippen LogP contribution in [-0.2, 0) is 17.8 Å². The molecule has 1 aromatic heterocycles.